The molecule has 2 N–H and O–H groups in total. The van der Waals surface area contributed by atoms with Crippen molar-refractivity contribution >= 4 is 34.3 Å². The fraction of sp³-hybridized carbons (Fsp3) is 0.375. The Morgan fingerprint density at radius 2 is 2.00 bits per heavy atom. The van der Waals surface area contributed by atoms with Crippen molar-refractivity contribution in [2.75, 3.05) is 17.7 Å². The Balaban J connectivity index is 1.88. The van der Waals surface area contributed by atoms with Gasteiger partial charge in [0.2, 0.25) is 5.91 Å². The zero-order valence-corrected chi connectivity index (χ0v) is 18.1. The number of nitrogens with zero attached hydrogens (tertiary/aromatic N) is 2. The molecule has 2 aromatic heterocycles. The van der Waals surface area contributed by atoms with E-state index >= 15 is 0 Å². The number of fused-ring (bicyclic) bond motifs is 1. The lowest BCUT2D eigenvalue weighted by Gasteiger charge is -2.13. The minimum Gasteiger partial charge on any atom is -0.464 e. The van der Waals surface area contributed by atoms with Crippen molar-refractivity contribution in [3.8, 4) is 0 Å². The topological polar surface area (TPSA) is 85.2 Å². The first-order chi connectivity index (χ1) is 15.0. The molecule has 2 heterocycles. The molecule has 1 saturated carbocycles. The van der Waals surface area contributed by atoms with Gasteiger partial charge in [0.25, 0.3) is 0 Å². The van der Waals surface area contributed by atoms with Gasteiger partial charge < -0.3 is 19.9 Å². The SMILES string of the molecule is CC[C@H](C)Nc1cnc2c(c1)c(NC(=O)C1CC1)c(C(=O)OC)n2Cc1ccccc1. The number of carbonyl (C=O) groups excluding carboxylic acids is 2. The average Bonchev–Trinajstić information content (AvgIpc) is 3.60. The number of hydrogen-bond acceptors (Lipinski definition) is 5. The van der Waals surface area contributed by atoms with Crippen LogP contribution in [0, 0.1) is 5.92 Å². The van der Waals surface area contributed by atoms with E-state index in [1.807, 2.05) is 41.0 Å². The number of nitrogens with one attached hydrogen (secondary N) is 2. The second-order valence-electron chi connectivity index (χ2n) is 8.10. The summed E-state index contributed by atoms with van der Waals surface area (Å²) in [6.45, 7) is 4.64. The molecule has 3 aromatic rings. The maximum absolute atomic E-state index is 12.9. The summed E-state index contributed by atoms with van der Waals surface area (Å²) in [5, 5.41) is 7.14. The second kappa shape index (κ2) is 8.79. The largest absolute Gasteiger partial charge is 0.464 e. The van der Waals surface area contributed by atoms with Gasteiger partial charge in [-0.1, -0.05) is 37.3 Å². The minimum absolute atomic E-state index is 0.00685. The predicted octanol–water partition coefficient (Wildman–Crippen LogP) is 4.43. The number of esters is 1. The number of hydrogen-bond donors (Lipinski definition) is 2. The van der Waals surface area contributed by atoms with Gasteiger partial charge >= 0.3 is 5.97 Å². The number of rotatable bonds is 8. The van der Waals surface area contributed by atoms with E-state index in [1.165, 1.54) is 7.11 Å². The molecule has 31 heavy (non-hydrogen) atoms. The van der Waals surface area contributed by atoms with E-state index in [0.29, 0.717) is 23.6 Å². The Kier molecular flexibility index (Phi) is 5.93. The molecule has 7 heteroatoms. The van der Waals surface area contributed by atoms with Crippen molar-refractivity contribution in [2.45, 2.75) is 45.7 Å². The summed E-state index contributed by atoms with van der Waals surface area (Å²) >= 11 is 0. The van der Waals surface area contributed by atoms with Crippen LogP contribution in [0.3, 0.4) is 0 Å². The molecular weight excluding hydrogens is 392 g/mol. The summed E-state index contributed by atoms with van der Waals surface area (Å²) in [7, 11) is 1.35. The summed E-state index contributed by atoms with van der Waals surface area (Å²) in [6, 6.07) is 12.1. The minimum atomic E-state index is -0.503. The van der Waals surface area contributed by atoms with Crippen LogP contribution in [0.5, 0.6) is 0 Å². The molecule has 1 aliphatic carbocycles. The first kappa shape index (κ1) is 20.9. The highest BCUT2D eigenvalue weighted by Crippen LogP contribution is 2.36. The van der Waals surface area contributed by atoms with Crippen LogP contribution in [-0.4, -0.2) is 34.6 Å². The summed E-state index contributed by atoms with van der Waals surface area (Å²) in [6.07, 6.45) is 4.48. The van der Waals surface area contributed by atoms with Crippen molar-refractivity contribution in [3.05, 3.63) is 53.9 Å². The maximum atomic E-state index is 12.9. The van der Waals surface area contributed by atoms with Gasteiger partial charge in [0.05, 0.1) is 24.7 Å². The molecule has 4 rings (SSSR count). The van der Waals surface area contributed by atoms with Gasteiger partial charge in [0, 0.05) is 23.9 Å². The molecule has 0 bridgehead atoms. The fourth-order valence-electron chi connectivity index (χ4n) is 3.62. The van der Waals surface area contributed by atoms with Crippen LogP contribution in [-0.2, 0) is 16.1 Å². The highest BCUT2D eigenvalue weighted by molar-refractivity contribution is 6.11. The second-order valence-corrected chi connectivity index (χ2v) is 8.10. The molecule has 0 aliphatic heterocycles. The molecule has 162 valence electrons. The van der Waals surface area contributed by atoms with Gasteiger partial charge in [-0.15, -0.1) is 0 Å². The molecule has 7 nitrogen and oxygen atoms in total. The normalized spacial score (nSPS) is 14.3. The number of anilines is 2. The molecule has 1 atom stereocenters. The third-order valence-corrected chi connectivity index (χ3v) is 5.68. The van der Waals surface area contributed by atoms with Crippen molar-refractivity contribution in [2.24, 2.45) is 5.92 Å². The summed E-state index contributed by atoms with van der Waals surface area (Å²) < 4.78 is 6.93. The quantitative estimate of drug-likeness (QED) is 0.527. The van der Waals surface area contributed by atoms with Gasteiger partial charge in [-0.3, -0.25) is 4.79 Å². The van der Waals surface area contributed by atoms with Crippen LogP contribution in [0.2, 0.25) is 0 Å². The lowest BCUT2D eigenvalue weighted by molar-refractivity contribution is -0.117. The van der Waals surface area contributed by atoms with Crippen molar-refractivity contribution < 1.29 is 14.3 Å². The average molecular weight is 421 g/mol. The lowest BCUT2D eigenvalue weighted by Crippen LogP contribution is -2.18. The number of benzene rings is 1. The molecule has 1 aromatic carbocycles. The van der Waals surface area contributed by atoms with E-state index < -0.39 is 5.97 Å². The monoisotopic (exact) mass is 420 g/mol. The zero-order valence-electron chi connectivity index (χ0n) is 18.1. The third kappa shape index (κ3) is 4.40. The standard InChI is InChI=1S/C24H28N4O3/c1-4-15(2)26-18-12-19-20(27-23(29)17-10-11-17)21(24(30)31-3)28(22(19)25-13-18)14-16-8-6-5-7-9-16/h5-9,12-13,15,17,26H,4,10-11,14H2,1-3H3,(H,27,29)/t15-/m0/s1. The van der Waals surface area contributed by atoms with Crippen LogP contribution < -0.4 is 10.6 Å². The van der Waals surface area contributed by atoms with Crippen LogP contribution in [0.4, 0.5) is 11.4 Å². The Labute approximate surface area is 181 Å². The van der Waals surface area contributed by atoms with E-state index in [-0.39, 0.29) is 17.9 Å². The number of amides is 1. The molecule has 0 spiro atoms. The van der Waals surface area contributed by atoms with E-state index in [1.54, 1.807) is 6.20 Å². The molecule has 0 saturated heterocycles. The van der Waals surface area contributed by atoms with E-state index in [2.05, 4.69) is 29.5 Å². The maximum Gasteiger partial charge on any atom is 0.356 e. The van der Waals surface area contributed by atoms with Crippen molar-refractivity contribution in [3.63, 3.8) is 0 Å². The van der Waals surface area contributed by atoms with Gasteiger partial charge in [-0.2, -0.15) is 0 Å². The van der Waals surface area contributed by atoms with Gasteiger partial charge in [0.1, 0.15) is 5.65 Å². The molecule has 1 amide bonds. The Morgan fingerprint density at radius 1 is 1.26 bits per heavy atom. The van der Waals surface area contributed by atoms with Gasteiger partial charge in [-0.05, 0) is 37.8 Å². The number of methoxy groups -OCH3 is 1. The highest BCUT2D eigenvalue weighted by atomic mass is 16.5. The molecule has 0 unspecified atom stereocenters. The third-order valence-electron chi connectivity index (χ3n) is 5.68. The van der Waals surface area contributed by atoms with E-state index in [0.717, 1.165) is 35.9 Å². The smallest absolute Gasteiger partial charge is 0.356 e. The number of pyridine rings is 1. The summed E-state index contributed by atoms with van der Waals surface area (Å²) in [5.41, 5.74) is 3.27. The lowest BCUT2D eigenvalue weighted by atomic mass is 10.2. The Bertz CT molecular complexity index is 1100. The first-order valence-electron chi connectivity index (χ1n) is 10.7. The molecule has 0 radical (unpaired) electrons. The van der Waals surface area contributed by atoms with Crippen LogP contribution in [0.25, 0.3) is 11.0 Å². The predicted molar refractivity (Wildman–Crippen MR) is 121 cm³/mol. The van der Waals surface area contributed by atoms with Crippen molar-refractivity contribution in [1.82, 2.24) is 9.55 Å². The number of aromatic nitrogens is 2. The summed E-state index contributed by atoms with van der Waals surface area (Å²) in [4.78, 5) is 30.2. The van der Waals surface area contributed by atoms with Crippen LogP contribution >= 0.6 is 0 Å². The van der Waals surface area contributed by atoms with E-state index in [4.69, 9.17) is 4.74 Å². The first-order valence-corrected chi connectivity index (χ1v) is 10.7. The highest BCUT2D eigenvalue weighted by Gasteiger charge is 2.33. The molecule has 1 fully saturated rings. The number of carbonyl (C=O) groups is 2. The fourth-order valence-corrected chi connectivity index (χ4v) is 3.62. The number of ether oxygens (including phenoxy) is 1. The van der Waals surface area contributed by atoms with Crippen LogP contribution in [0.15, 0.2) is 42.6 Å². The molecular formula is C24H28N4O3. The Hall–Kier alpha value is -3.35. The van der Waals surface area contributed by atoms with Gasteiger partial charge in [0.15, 0.2) is 5.69 Å². The summed E-state index contributed by atoms with van der Waals surface area (Å²) in [5.74, 6) is -0.562. The zero-order chi connectivity index (χ0) is 22.0. The Morgan fingerprint density at radius 3 is 2.65 bits per heavy atom. The van der Waals surface area contributed by atoms with Crippen molar-refractivity contribution in [1.29, 1.82) is 0 Å². The van der Waals surface area contributed by atoms with Crippen LogP contribution in [0.1, 0.15) is 49.2 Å². The van der Waals surface area contributed by atoms with E-state index in [9.17, 15) is 9.59 Å². The van der Waals surface area contributed by atoms with Gasteiger partial charge in [-0.25, -0.2) is 9.78 Å². The molecule has 1 aliphatic rings.